The molecule has 2 bridgehead atoms. The van der Waals surface area contributed by atoms with Gasteiger partial charge in [-0.1, -0.05) is 39.3 Å². The van der Waals surface area contributed by atoms with Gasteiger partial charge in [0.1, 0.15) is 0 Å². The molecule has 0 amide bonds. The van der Waals surface area contributed by atoms with Gasteiger partial charge in [-0.05, 0) is 41.9 Å². The lowest BCUT2D eigenvalue weighted by atomic mass is 9.50. The van der Waals surface area contributed by atoms with Crippen molar-refractivity contribution in [2.45, 2.75) is 58.6 Å². The van der Waals surface area contributed by atoms with Crippen LogP contribution in [-0.4, -0.2) is 15.7 Å². The van der Waals surface area contributed by atoms with Gasteiger partial charge in [-0.25, -0.2) is 0 Å². The van der Waals surface area contributed by atoms with Gasteiger partial charge in [-0.15, -0.1) is 0 Å². The van der Waals surface area contributed by atoms with E-state index in [1.54, 1.807) is 0 Å². The van der Waals surface area contributed by atoms with Crippen LogP contribution in [0.4, 0.5) is 0 Å². The van der Waals surface area contributed by atoms with E-state index in [4.69, 9.17) is 0 Å². The summed E-state index contributed by atoms with van der Waals surface area (Å²) in [4.78, 5) is 0. The highest BCUT2D eigenvalue weighted by Gasteiger charge is 2.61. The maximum atomic E-state index is 2.57. The highest BCUT2D eigenvalue weighted by molar-refractivity contribution is 6.39. The van der Waals surface area contributed by atoms with Crippen LogP contribution in [0.3, 0.4) is 0 Å². The second-order valence-electron chi connectivity index (χ2n) is 8.07. The maximum absolute atomic E-state index is 2.57. The average molecular weight is 204 g/mol. The first-order valence-corrected chi connectivity index (χ1v) is 6.67. The van der Waals surface area contributed by atoms with Crippen molar-refractivity contribution in [2.75, 3.05) is 0 Å². The third-order valence-corrected chi connectivity index (χ3v) is 5.83. The Bertz CT molecular complexity index is 264. The molecule has 0 saturated heterocycles. The fourth-order valence-electron chi connectivity index (χ4n) is 4.42. The van der Waals surface area contributed by atoms with Crippen molar-refractivity contribution >= 4 is 15.7 Å². The summed E-state index contributed by atoms with van der Waals surface area (Å²) in [5.74, 6) is 1.99. The molecular weight excluding hydrogens is 178 g/mol. The Hall–Kier alpha value is 0.130. The molecule has 15 heavy (non-hydrogen) atoms. The van der Waals surface area contributed by atoms with Gasteiger partial charge in [0.05, 0.1) is 15.7 Å². The van der Waals surface area contributed by atoms with Crippen molar-refractivity contribution in [1.29, 1.82) is 0 Å². The lowest BCUT2D eigenvalue weighted by Gasteiger charge is -2.41. The van der Waals surface area contributed by atoms with Crippen molar-refractivity contribution in [1.82, 2.24) is 0 Å². The fourth-order valence-corrected chi connectivity index (χ4v) is 4.42. The van der Waals surface area contributed by atoms with Gasteiger partial charge in [0.25, 0.3) is 0 Å². The summed E-state index contributed by atoms with van der Waals surface area (Å²) in [6, 6.07) is 0. The average Bonchev–Trinajstić information content (AvgIpc) is 2.34. The number of fused-ring (bicyclic) bond motifs is 2. The topological polar surface area (TPSA) is 0 Å². The van der Waals surface area contributed by atoms with Crippen LogP contribution >= 0.6 is 0 Å². The lowest BCUT2D eigenvalue weighted by molar-refractivity contribution is 0.0956. The minimum atomic E-state index is 0.508. The summed E-state index contributed by atoms with van der Waals surface area (Å²) in [6.45, 7) is 10.0. The van der Waals surface area contributed by atoms with Gasteiger partial charge < -0.3 is 0 Å². The first-order valence-electron chi connectivity index (χ1n) is 6.67. The molecule has 2 saturated carbocycles. The van der Waals surface area contributed by atoms with Crippen LogP contribution in [0.25, 0.3) is 0 Å². The molecule has 0 aliphatic heterocycles. The molecule has 2 rings (SSSR count). The van der Waals surface area contributed by atoms with Gasteiger partial charge in [0.15, 0.2) is 0 Å². The normalized spacial score (nSPS) is 43.5. The highest BCUT2D eigenvalue weighted by atomic mass is 14.7. The molecule has 0 spiro atoms. The van der Waals surface area contributed by atoms with E-state index < -0.39 is 0 Å². The summed E-state index contributed by atoms with van der Waals surface area (Å²) in [5.41, 5.74) is 1.23. The van der Waals surface area contributed by atoms with E-state index in [-0.39, 0.29) is 0 Å². The fraction of sp³-hybridized carbons (Fsp3) is 1.00. The zero-order chi connectivity index (χ0) is 11.5. The number of hydrogen-bond acceptors (Lipinski definition) is 0. The van der Waals surface area contributed by atoms with Crippen LogP contribution in [0.1, 0.15) is 53.4 Å². The molecule has 0 radical (unpaired) electrons. The van der Waals surface area contributed by atoms with Crippen LogP contribution < -0.4 is 0 Å². The van der Waals surface area contributed by atoms with Crippen molar-refractivity contribution in [3.05, 3.63) is 0 Å². The zero-order valence-electron chi connectivity index (χ0n) is 11.5. The Morgan fingerprint density at radius 1 is 1.27 bits per heavy atom. The molecule has 3 atom stereocenters. The minimum absolute atomic E-state index is 0.508. The van der Waals surface area contributed by atoms with Crippen molar-refractivity contribution in [2.24, 2.45) is 22.7 Å². The van der Waals surface area contributed by atoms with Gasteiger partial charge in [-0.3, -0.25) is 0 Å². The molecule has 2 heteroatoms. The summed E-state index contributed by atoms with van der Waals surface area (Å²) < 4.78 is 0. The Morgan fingerprint density at radius 3 is 2.20 bits per heavy atom. The third kappa shape index (κ3) is 1.59. The lowest BCUT2D eigenvalue weighted by Crippen LogP contribution is -2.34. The smallest absolute Gasteiger partial charge is 0.0869 e. The van der Waals surface area contributed by atoms with Gasteiger partial charge in [0.2, 0.25) is 0 Å². The third-order valence-electron chi connectivity index (χ3n) is 5.83. The van der Waals surface area contributed by atoms with Crippen LogP contribution in [0.5, 0.6) is 0 Å². The minimum Gasteiger partial charge on any atom is -0.0869 e. The van der Waals surface area contributed by atoms with Gasteiger partial charge >= 0.3 is 0 Å². The quantitative estimate of drug-likeness (QED) is 0.605. The summed E-state index contributed by atoms with van der Waals surface area (Å²) >= 11 is 0. The molecule has 0 heterocycles. The molecule has 2 aliphatic carbocycles. The standard InChI is InChI=1S/C13H26B2/c1-11(2)9-5-6-12(11,3)10(7-9)8-13(4,14)15/h9-10H,5-8,14-15H2,1-4H3. The zero-order valence-corrected chi connectivity index (χ0v) is 11.5. The predicted octanol–water partition coefficient (Wildman–Crippen LogP) is 2.24. The molecule has 2 fully saturated rings. The molecule has 84 valence electrons. The van der Waals surface area contributed by atoms with E-state index in [1.807, 2.05) is 0 Å². The second kappa shape index (κ2) is 3.08. The first-order chi connectivity index (χ1) is 6.67. The van der Waals surface area contributed by atoms with Crippen LogP contribution in [-0.2, 0) is 0 Å². The van der Waals surface area contributed by atoms with E-state index in [2.05, 4.69) is 43.4 Å². The molecule has 0 N–H and O–H groups in total. The second-order valence-corrected chi connectivity index (χ2v) is 8.07. The molecule has 2 aliphatic rings. The Balaban J connectivity index is 2.19. The van der Waals surface area contributed by atoms with E-state index >= 15 is 0 Å². The van der Waals surface area contributed by atoms with Crippen LogP contribution in [0, 0.1) is 22.7 Å². The van der Waals surface area contributed by atoms with Gasteiger partial charge in [-0.2, -0.15) is 0 Å². The summed E-state index contributed by atoms with van der Waals surface area (Å²) in [6.07, 6.45) is 5.89. The van der Waals surface area contributed by atoms with Crippen LogP contribution in [0.2, 0.25) is 5.21 Å². The van der Waals surface area contributed by atoms with Crippen LogP contribution in [0.15, 0.2) is 0 Å². The molecule has 3 unspecified atom stereocenters. The van der Waals surface area contributed by atoms with Gasteiger partial charge in [0, 0.05) is 0 Å². The van der Waals surface area contributed by atoms with E-state index in [1.165, 1.54) is 25.7 Å². The Morgan fingerprint density at radius 2 is 1.87 bits per heavy atom. The Kier molecular flexibility index (Phi) is 2.38. The SMILES string of the molecule is BC(B)(C)CC1CC2CCC1(C)C2(C)C. The van der Waals surface area contributed by atoms with E-state index in [0.29, 0.717) is 16.0 Å². The maximum Gasteiger partial charge on any atom is 0.0988 e. The molecule has 0 aromatic rings. The highest BCUT2D eigenvalue weighted by Crippen LogP contribution is 2.69. The van der Waals surface area contributed by atoms with Crippen molar-refractivity contribution < 1.29 is 0 Å². The van der Waals surface area contributed by atoms with E-state index in [9.17, 15) is 0 Å². The van der Waals surface area contributed by atoms with E-state index in [0.717, 1.165) is 11.8 Å². The number of hydrogen-bond donors (Lipinski definition) is 0. The molecular formula is C13H26B2. The summed E-state index contributed by atoms with van der Waals surface area (Å²) in [5, 5.41) is 0.508. The molecule has 0 nitrogen and oxygen atoms in total. The monoisotopic (exact) mass is 204 g/mol. The van der Waals surface area contributed by atoms with Crippen molar-refractivity contribution in [3.8, 4) is 0 Å². The predicted molar refractivity (Wildman–Crippen MR) is 72.8 cm³/mol. The number of rotatable bonds is 2. The molecule has 0 aromatic carbocycles. The summed E-state index contributed by atoms with van der Waals surface area (Å²) in [7, 11) is 4.80. The first kappa shape index (κ1) is 11.6. The Labute approximate surface area is 97.4 Å². The van der Waals surface area contributed by atoms with Crippen molar-refractivity contribution in [3.63, 3.8) is 0 Å². The largest absolute Gasteiger partial charge is 0.0988 e. The molecule has 0 aromatic heterocycles.